The molecule has 1 aromatic carbocycles. The van der Waals surface area contributed by atoms with Gasteiger partial charge in [-0.3, -0.25) is 0 Å². The summed E-state index contributed by atoms with van der Waals surface area (Å²) in [7, 11) is 0. The van der Waals surface area contributed by atoms with Gasteiger partial charge in [-0.15, -0.1) is 0 Å². The van der Waals surface area contributed by atoms with Crippen LogP contribution >= 0.6 is 11.6 Å². The van der Waals surface area contributed by atoms with Crippen LogP contribution in [-0.2, 0) is 0 Å². The molecule has 1 aliphatic carbocycles. The van der Waals surface area contributed by atoms with E-state index in [1.54, 1.807) is 0 Å². The lowest BCUT2D eigenvalue weighted by Crippen LogP contribution is -2.40. The molecule has 0 aromatic heterocycles. The molecular weight excluding hydrogens is 278 g/mol. The molecule has 0 unspecified atom stereocenters. The van der Waals surface area contributed by atoms with Crippen molar-refractivity contribution in [2.75, 3.05) is 6.54 Å². The van der Waals surface area contributed by atoms with E-state index in [4.69, 9.17) is 11.6 Å². The van der Waals surface area contributed by atoms with Crippen molar-refractivity contribution in [3.8, 4) is 0 Å². The van der Waals surface area contributed by atoms with Crippen LogP contribution in [0.5, 0.6) is 0 Å². The first kappa shape index (κ1) is 16.8. The second-order valence-corrected chi connectivity index (χ2v) is 7.41. The summed E-state index contributed by atoms with van der Waals surface area (Å²) in [6.07, 6.45) is 9.44. The van der Waals surface area contributed by atoms with Crippen molar-refractivity contribution in [3.63, 3.8) is 0 Å². The number of hydrogen-bond acceptors (Lipinski definition) is 1. The van der Waals surface area contributed by atoms with Gasteiger partial charge in [0, 0.05) is 11.1 Å². The third kappa shape index (κ3) is 6.00. The van der Waals surface area contributed by atoms with E-state index in [1.165, 1.54) is 57.1 Å². The summed E-state index contributed by atoms with van der Waals surface area (Å²) >= 11 is 6.05. The van der Waals surface area contributed by atoms with E-state index in [2.05, 4.69) is 37.4 Å². The van der Waals surface area contributed by atoms with Crippen LogP contribution in [0.4, 0.5) is 0 Å². The lowest BCUT2D eigenvalue weighted by Gasteiger charge is -2.36. The van der Waals surface area contributed by atoms with Crippen LogP contribution in [-0.4, -0.2) is 12.6 Å². The summed E-state index contributed by atoms with van der Waals surface area (Å²) in [5.41, 5.74) is 1.41. The molecular formula is C19H30ClN. The molecule has 2 rings (SSSR count). The molecule has 0 atom stereocenters. The normalized spacial score (nSPS) is 21.5. The Bertz CT molecular complexity index is 410. The number of halogens is 1. The molecule has 1 saturated carbocycles. The fourth-order valence-corrected chi connectivity index (χ4v) is 3.35. The molecule has 0 radical (unpaired) electrons. The second kappa shape index (κ2) is 8.80. The molecule has 118 valence electrons. The molecule has 1 aliphatic rings. The molecule has 1 nitrogen and oxygen atoms in total. The third-order valence-electron chi connectivity index (χ3n) is 4.60. The van der Waals surface area contributed by atoms with Gasteiger partial charge in [0.15, 0.2) is 0 Å². The van der Waals surface area contributed by atoms with Crippen LogP contribution in [0.15, 0.2) is 24.3 Å². The van der Waals surface area contributed by atoms with Crippen LogP contribution in [0.3, 0.4) is 0 Å². The minimum absolute atomic E-state index is 0.715. The molecule has 1 N–H and O–H groups in total. The summed E-state index contributed by atoms with van der Waals surface area (Å²) in [5.74, 6) is 1.58. The quantitative estimate of drug-likeness (QED) is 0.570. The highest BCUT2D eigenvalue weighted by Crippen LogP contribution is 2.37. The number of unbranched alkanes of at least 4 members (excludes halogenated alkanes) is 3. The zero-order valence-corrected chi connectivity index (χ0v) is 14.3. The van der Waals surface area contributed by atoms with E-state index < -0.39 is 0 Å². The fraction of sp³-hybridized carbons (Fsp3) is 0.684. The largest absolute Gasteiger partial charge is 0.314 e. The lowest BCUT2D eigenvalue weighted by molar-refractivity contribution is 0.289. The highest BCUT2D eigenvalue weighted by atomic mass is 35.5. The maximum Gasteiger partial charge on any atom is 0.0408 e. The number of benzene rings is 1. The molecule has 0 spiro atoms. The monoisotopic (exact) mass is 307 g/mol. The average molecular weight is 308 g/mol. The van der Waals surface area contributed by atoms with Gasteiger partial charge < -0.3 is 5.32 Å². The van der Waals surface area contributed by atoms with Crippen LogP contribution in [0.1, 0.15) is 70.3 Å². The van der Waals surface area contributed by atoms with Crippen LogP contribution in [0.25, 0.3) is 0 Å². The van der Waals surface area contributed by atoms with E-state index in [0.29, 0.717) is 5.92 Å². The minimum Gasteiger partial charge on any atom is -0.314 e. The van der Waals surface area contributed by atoms with Crippen molar-refractivity contribution in [2.45, 2.75) is 70.8 Å². The Morgan fingerprint density at radius 2 is 1.90 bits per heavy atom. The van der Waals surface area contributed by atoms with Gasteiger partial charge in [-0.05, 0) is 55.3 Å². The summed E-state index contributed by atoms with van der Waals surface area (Å²) in [5, 5.41) is 4.57. The van der Waals surface area contributed by atoms with Crippen LogP contribution in [0, 0.1) is 5.92 Å². The maximum absolute atomic E-state index is 6.05. The van der Waals surface area contributed by atoms with Gasteiger partial charge in [0.25, 0.3) is 0 Å². The molecule has 2 heteroatoms. The minimum atomic E-state index is 0.715. The maximum atomic E-state index is 6.05. The first-order chi connectivity index (χ1) is 10.1. The Morgan fingerprint density at radius 3 is 2.62 bits per heavy atom. The molecule has 0 amide bonds. The van der Waals surface area contributed by atoms with Crippen molar-refractivity contribution in [3.05, 3.63) is 34.9 Å². The molecule has 0 heterocycles. The Hall–Kier alpha value is -0.530. The standard InChI is InChI=1S/C19H30ClN/c1-15(2)8-5-3-4-6-11-21-19-13-17(14-19)16-9-7-10-18(20)12-16/h7,9-10,12,15,17,19,21H,3-6,8,11,13-14H2,1-2H3. The molecule has 1 aromatic rings. The van der Waals surface area contributed by atoms with Crippen molar-refractivity contribution >= 4 is 11.6 Å². The Balaban J connectivity index is 1.49. The second-order valence-electron chi connectivity index (χ2n) is 6.97. The van der Waals surface area contributed by atoms with Gasteiger partial charge in [-0.1, -0.05) is 63.3 Å². The van der Waals surface area contributed by atoms with E-state index in [9.17, 15) is 0 Å². The first-order valence-corrected chi connectivity index (χ1v) is 9.02. The Kier molecular flexibility index (Phi) is 7.06. The molecule has 21 heavy (non-hydrogen) atoms. The fourth-order valence-electron chi connectivity index (χ4n) is 3.15. The predicted octanol–water partition coefficient (Wildman–Crippen LogP) is 5.78. The lowest BCUT2D eigenvalue weighted by atomic mass is 9.76. The van der Waals surface area contributed by atoms with Crippen molar-refractivity contribution in [1.29, 1.82) is 0 Å². The summed E-state index contributed by atoms with van der Waals surface area (Å²) in [6.45, 7) is 5.82. The Morgan fingerprint density at radius 1 is 1.14 bits per heavy atom. The molecule has 0 saturated heterocycles. The van der Waals surface area contributed by atoms with E-state index in [0.717, 1.165) is 17.0 Å². The number of hydrogen-bond donors (Lipinski definition) is 1. The van der Waals surface area contributed by atoms with Gasteiger partial charge in [0.05, 0.1) is 0 Å². The topological polar surface area (TPSA) is 12.0 Å². The van der Waals surface area contributed by atoms with Gasteiger partial charge in [-0.2, -0.15) is 0 Å². The van der Waals surface area contributed by atoms with E-state index >= 15 is 0 Å². The Labute approximate surface area is 135 Å². The zero-order valence-electron chi connectivity index (χ0n) is 13.6. The van der Waals surface area contributed by atoms with Crippen molar-refractivity contribution in [2.24, 2.45) is 5.92 Å². The molecule has 1 fully saturated rings. The summed E-state index contributed by atoms with van der Waals surface area (Å²) < 4.78 is 0. The van der Waals surface area contributed by atoms with E-state index in [1.807, 2.05) is 6.07 Å². The number of rotatable bonds is 9. The predicted molar refractivity (Wildman–Crippen MR) is 93.1 cm³/mol. The van der Waals surface area contributed by atoms with Gasteiger partial charge >= 0.3 is 0 Å². The SMILES string of the molecule is CC(C)CCCCCCNC1CC(c2cccc(Cl)c2)C1. The van der Waals surface area contributed by atoms with Gasteiger partial charge in [0.1, 0.15) is 0 Å². The average Bonchev–Trinajstić information content (AvgIpc) is 2.39. The van der Waals surface area contributed by atoms with Crippen molar-refractivity contribution in [1.82, 2.24) is 5.32 Å². The number of nitrogens with one attached hydrogen (secondary N) is 1. The highest BCUT2D eigenvalue weighted by Gasteiger charge is 2.29. The molecule has 0 aliphatic heterocycles. The van der Waals surface area contributed by atoms with Gasteiger partial charge in [0.2, 0.25) is 0 Å². The zero-order chi connectivity index (χ0) is 15.1. The summed E-state index contributed by atoms with van der Waals surface area (Å²) in [6, 6.07) is 9.08. The summed E-state index contributed by atoms with van der Waals surface area (Å²) in [4.78, 5) is 0. The highest BCUT2D eigenvalue weighted by molar-refractivity contribution is 6.30. The smallest absolute Gasteiger partial charge is 0.0408 e. The molecule has 0 bridgehead atoms. The van der Waals surface area contributed by atoms with Crippen molar-refractivity contribution < 1.29 is 0 Å². The van der Waals surface area contributed by atoms with Crippen LogP contribution in [0.2, 0.25) is 5.02 Å². The first-order valence-electron chi connectivity index (χ1n) is 8.64. The van der Waals surface area contributed by atoms with Gasteiger partial charge in [-0.25, -0.2) is 0 Å². The van der Waals surface area contributed by atoms with E-state index in [-0.39, 0.29) is 0 Å². The third-order valence-corrected chi connectivity index (χ3v) is 4.83. The van der Waals surface area contributed by atoms with Crippen LogP contribution < -0.4 is 5.32 Å².